The minimum Gasteiger partial charge on any atom is -0.395 e. The maximum atomic E-state index is 12.3. The number of aliphatic hydroxyl groups is 1. The molecular formula is C11H20N4O2S. The van der Waals surface area contributed by atoms with Crippen molar-refractivity contribution in [3.05, 3.63) is 5.01 Å². The zero-order valence-corrected chi connectivity index (χ0v) is 11.8. The molecule has 0 aliphatic heterocycles. The maximum Gasteiger partial charge on any atom is 0.285 e. The first kappa shape index (κ1) is 14.8. The predicted molar refractivity (Wildman–Crippen MR) is 71.9 cm³/mol. The third kappa shape index (κ3) is 3.39. The molecule has 0 fully saturated rings. The van der Waals surface area contributed by atoms with Crippen molar-refractivity contribution in [1.29, 1.82) is 0 Å². The topological polar surface area (TPSA) is 78.3 Å². The molecule has 1 amide bonds. The molecule has 0 aliphatic rings. The van der Waals surface area contributed by atoms with E-state index in [4.69, 9.17) is 5.11 Å². The van der Waals surface area contributed by atoms with Crippen LogP contribution >= 0.6 is 11.3 Å². The molecule has 0 bridgehead atoms. The summed E-state index contributed by atoms with van der Waals surface area (Å²) in [5.74, 6) is -0.156. The summed E-state index contributed by atoms with van der Waals surface area (Å²) in [7, 11) is 1.74. The van der Waals surface area contributed by atoms with Gasteiger partial charge < -0.3 is 15.3 Å². The second-order valence-electron chi connectivity index (χ2n) is 3.85. The molecule has 0 unspecified atom stereocenters. The molecule has 18 heavy (non-hydrogen) atoms. The van der Waals surface area contributed by atoms with Gasteiger partial charge in [-0.3, -0.25) is 4.79 Å². The van der Waals surface area contributed by atoms with E-state index in [2.05, 4.69) is 15.5 Å². The monoisotopic (exact) mass is 272 g/mol. The van der Waals surface area contributed by atoms with Crippen molar-refractivity contribution in [2.45, 2.75) is 32.7 Å². The summed E-state index contributed by atoms with van der Waals surface area (Å²) in [6, 6.07) is 0.131. The van der Waals surface area contributed by atoms with Crippen LogP contribution in [0.25, 0.3) is 0 Å². The number of carbonyl (C=O) groups is 1. The van der Waals surface area contributed by atoms with Crippen molar-refractivity contribution in [1.82, 2.24) is 15.1 Å². The zero-order chi connectivity index (χ0) is 13.5. The fraction of sp³-hybridized carbons (Fsp3) is 0.727. The Balaban J connectivity index is 2.87. The van der Waals surface area contributed by atoms with E-state index in [-0.39, 0.29) is 18.6 Å². The summed E-state index contributed by atoms with van der Waals surface area (Å²) in [5, 5.41) is 20.6. The van der Waals surface area contributed by atoms with E-state index in [9.17, 15) is 4.79 Å². The summed E-state index contributed by atoms with van der Waals surface area (Å²) < 4.78 is 0. The standard InChI is InChI=1S/C11H20N4O2S/c1-4-8(5-2)15(6-7-16)10(17)9-13-14-11(12-3)18-9/h8,16H,4-7H2,1-3H3,(H,12,14). The quantitative estimate of drug-likeness (QED) is 0.780. The van der Waals surface area contributed by atoms with Gasteiger partial charge in [0.1, 0.15) is 0 Å². The van der Waals surface area contributed by atoms with E-state index in [0.29, 0.717) is 16.7 Å². The van der Waals surface area contributed by atoms with Crippen LogP contribution in [0.1, 0.15) is 36.5 Å². The van der Waals surface area contributed by atoms with Crippen molar-refractivity contribution >= 4 is 22.4 Å². The minimum absolute atomic E-state index is 0.0417. The zero-order valence-electron chi connectivity index (χ0n) is 11.0. The number of aromatic nitrogens is 2. The lowest BCUT2D eigenvalue weighted by atomic mass is 10.1. The van der Waals surface area contributed by atoms with E-state index in [1.807, 2.05) is 13.8 Å². The second-order valence-corrected chi connectivity index (χ2v) is 4.83. The van der Waals surface area contributed by atoms with Gasteiger partial charge in [-0.05, 0) is 12.8 Å². The Morgan fingerprint density at radius 2 is 2.11 bits per heavy atom. The Morgan fingerprint density at radius 1 is 1.44 bits per heavy atom. The van der Waals surface area contributed by atoms with E-state index < -0.39 is 0 Å². The number of nitrogens with one attached hydrogen (secondary N) is 1. The van der Waals surface area contributed by atoms with Gasteiger partial charge in [0.15, 0.2) is 0 Å². The molecule has 1 aromatic heterocycles. The predicted octanol–water partition coefficient (Wildman–Crippen LogP) is 1.20. The van der Waals surface area contributed by atoms with Crippen molar-refractivity contribution in [2.75, 3.05) is 25.5 Å². The largest absolute Gasteiger partial charge is 0.395 e. The molecule has 0 saturated carbocycles. The van der Waals surface area contributed by atoms with Gasteiger partial charge in [0.05, 0.1) is 6.61 Å². The summed E-state index contributed by atoms with van der Waals surface area (Å²) in [4.78, 5) is 14.0. The summed E-state index contributed by atoms with van der Waals surface area (Å²) in [5.41, 5.74) is 0. The lowest BCUT2D eigenvalue weighted by molar-refractivity contribution is 0.0621. The minimum atomic E-state index is -0.156. The molecule has 0 radical (unpaired) electrons. The highest BCUT2D eigenvalue weighted by atomic mass is 32.1. The van der Waals surface area contributed by atoms with Crippen molar-refractivity contribution < 1.29 is 9.90 Å². The van der Waals surface area contributed by atoms with Gasteiger partial charge in [-0.1, -0.05) is 25.2 Å². The Kier molecular flexibility index (Phi) is 6.00. The van der Waals surface area contributed by atoms with Gasteiger partial charge in [-0.25, -0.2) is 0 Å². The fourth-order valence-corrected chi connectivity index (χ4v) is 2.47. The Morgan fingerprint density at radius 3 is 2.56 bits per heavy atom. The Bertz CT molecular complexity index is 379. The SMILES string of the molecule is CCC(CC)N(CCO)C(=O)c1nnc(NC)s1. The van der Waals surface area contributed by atoms with E-state index in [1.165, 1.54) is 11.3 Å². The number of nitrogens with zero attached hydrogens (tertiary/aromatic N) is 3. The van der Waals surface area contributed by atoms with E-state index >= 15 is 0 Å². The maximum absolute atomic E-state index is 12.3. The summed E-state index contributed by atoms with van der Waals surface area (Å²) >= 11 is 1.23. The number of aliphatic hydroxyl groups excluding tert-OH is 1. The molecule has 0 saturated heterocycles. The van der Waals surface area contributed by atoms with Gasteiger partial charge in [-0.15, -0.1) is 10.2 Å². The van der Waals surface area contributed by atoms with Crippen molar-refractivity contribution in [3.63, 3.8) is 0 Å². The number of amides is 1. The first-order valence-corrected chi connectivity index (χ1v) is 6.92. The molecule has 0 aliphatic carbocycles. The van der Waals surface area contributed by atoms with Crippen molar-refractivity contribution in [3.8, 4) is 0 Å². The van der Waals surface area contributed by atoms with E-state index in [0.717, 1.165) is 12.8 Å². The molecule has 0 aromatic carbocycles. The normalized spacial score (nSPS) is 10.7. The number of carbonyl (C=O) groups excluding carboxylic acids is 1. The van der Waals surface area contributed by atoms with Crippen molar-refractivity contribution in [2.24, 2.45) is 0 Å². The summed E-state index contributed by atoms with van der Waals surface area (Å²) in [6.07, 6.45) is 1.72. The van der Waals surface area contributed by atoms with Gasteiger partial charge in [-0.2, -0.15) is 0 Å². The Labute approximate surface area is 111 Å². The third-order valence-corrected chi connectivity index (χ3v) is 3.74. The molecule has 1 heterocycles. The summed E-state index contributed by atoms with van der Waals surface area (Å²) in [6.45, 7) is 4.36. The average Bonchev–Trinajstić information content (AvgIpc) is 2.87. The number of rotatable bonds is 7. The van der Waals surface area contributed by atoms with Crippen LogP contribution in [0.3, 0.4) is 0 Å². The molecule has 0 spiro atoms. The molecule has 1 rings (SSSR count). The average molecular weight is 272 g/mol. The molecule has 0 atom stereocenters. The lowest BCUT2D eigenvalue weighted by Crippen LogP contribution is -2.41. The van der Waals surface area contributed by atoms with Crippen LogP contribution in [0.4, 0.5) is 5.13 Å². The van der Waals surface area contributed by atoms with E-state index in [1.54, 1.807) is 11.9 Å². The first-order chi connectivity index (χ1) is 8.67. The molecule has 1 aromatic rings. The van der Waals surface area contributed by atoms with Crippen LogP contribution in [-0.4, -0.2) is 52.4 Å². The van der Waals surface area contributed by atoms with Crippen LogP contribution in [0.15, 0.2) is 0 Å². The number of hydrogen-bond donors (Lipinski definition) is 2. The first-order valence-electron chi connectivity index (χ1n) is 6.10. The fourth-order valence-electron chi connectivity index (χ4n) is 1.82. The number of hydrogen-bond acceptors (Lipinski definition) is 6. The van der Waals surface area contributed by atoms with Crippen LogP contribution < -0.4 is 5.32 Å². The van der Waals surface area contributed by atoms with Crippen LogP contribution in [0, 0.1) is 0 Å². The molecule has 7 heteroatoms. The van der Waals surface area contributed by atoms with Crippen LogP contribution in [0.2, 0.25) is 0 Å². The van der Waals surface area contributed by atoms with Crippen LogP contribution in [-0.2, 0) is 0 Å². The smallest absolute Gasteiger partial charge is 0.285 e. The molecular weight excluding hydrogens is 252 g/mol. The van der Waals surface area contributed by atoms with Gasteiger partial charge >= 0.3 is 0 Å². The Hall–Kier alpha value is -1.21. The number of anilines is 1. The van der Waals surface area contributed by atoms with Gasteiger partial charge in [0.2, 0.25) is 10.1 Å². The van der Waals surface area contributed by atoms with Gasteiger partial charge in [0, 0.05) is 19.6 Å². The van der Waals surface area contributed by atoms with Gasteiger partial charge in [0.25, 0.3) is 5.91 Å². The highest BCUT2D eigenvalue weighted by Gasteiger charge is 2.24. The highest BCUT2D eigenvalue weighted by Crippen LogP contribution is 2.19. The third-order valence-electron chi connectivity index (χ3n) is 2.81. The molecule has 102 valence electrons. The molecule has 2 N–H and O–H groups in total. The lowest BCUT2D eigenvalue weighted by Gasteiger charge is -2.28. The molecule has 6 nitrogen and oxygen atoms in total. The second kappa shape index (κ2) is 7.27. The van der Waals surface area contributed by atoms with Crippen LogP contribution in [0.5, 0.6) is 0 Å². The highest BCUT2D eigenvalue weighted by molar-refractivity contribution is 7.17.